The smallest absolute Gasteiger partial charge is 0.276 e. The third kappa shape index (κ3) is 6.00. The van der Waals surface area contributed by atoms with Gasteiger partial charge in [-0.15, -0.1) is 0 Å². The zero-order chi connectivity index (χ0) is 29.7. The Hall–Kier alpha value is -4.12. The molecule has 220 valence electrons. The third-order valence-corrected chi connectivity index (χ3v) is 8.49. The molecule has 0 spiro atoms. The van der Waals surface area contributed by atoms with E-state index in [1.54, 1.807) is 66.9 Å². The Labute approximate surface area is 241 Å². The molecule has 0 radical (unpaired) electrons. The van der Waals surface area contributed by atoms with E-state index >= 15 is 0 Å². The maximum Gasteiger partial charge on any atom is 0.276 e. The summed E-state index contributed by atoms with van der Waals surface area (Å²) in [6.45, 7) is 1.90. The lowest BCUT2D eigenvalue weighted by Gasteiger charge is -2.21. The summed E-state index contributed by atoms with van der Waals surface area (Å²) in [6, 6.07) is 14.1. The van der Waals surface area contributed by atoms with E-state index in [1.165, 1.54) is 0 Å². The van der Waals surface area contributed by atoms with Gasteiger partial charge in [-0.25, -0.2) is 4.83 Å². The molecule has 0 aromatic heterocycles. The predicted molar refractivity (Wildman–Crippen MR) is 156 cm³/mol. The van der Waals surface area contributed by atoms with Crippen molar-refractivity contribution in [3.63, 3.8) is 0 Å². The second-order valence-electron chi connectivity index (χ2n) is 9.54. The van der Waals surface area contributed by atoms with Gasteiger partial charge in [-0.1, -0.05) is 17.7 Å². The molecule has 0 aliphatic heterocycles. The van der Waals surface area contributed by atoms with Gasteiger partial charge in [0.05, 0.1) is 53.3 Å². The molecule has 1 fully saturated rings. The highest BCUT2D eigenvalue weighted by atomic mass is 32.2. The minimum absolute atomic E-state index is 0.124. The zero-order valence-corrected chi connectivity index (χ0v) is 25.1. The van der Waals surface area contributed by atoms with Crippen molar-refractivity contribution in [3.8, 4) is 34.5 Å². The second-order valence-corrected chi connectivity index (χ2v) is 11.2. The molecule has 1 aliphatic carbocycles. The van der Waals surface area contributed by atoms with E-state index in [0.29, 0.717) is 53.1 Å². The van der Waals surface area contributed by atoms with E-state index in [2.05, 4.69) is 9.93 Å². The number of benzene rings is 3. The molecule has 2 atom stereocenters. The molecular weight excluding hydrogens is 548 g/mol. The van der Waals surface area contributed by atoms with Gasteiger partial charge in [0.1, 0.15) is 0 Å². The molecule has 10 nitrogen and oxygen atoms in total. The average molecular weight is 585 g/mol. The van der Waals surface area contributed by atoms with Crippen molar-refractivity contribution in [1.29, 1.82) is 0 Å². The molecule has 0 saturated heterocycles. The zero-order valence-electron chi connectivity index (χ0n) is 24.3. The summed E-state index contributed by atoms with van der Waals surface area (Å²) < 4.78 is 59.8. The molecule has 1 N–H and O–H groups in total. The lowest BCUT2D eigenvalue weighted by molar-refractivity contribution is 0.323. The number of sulfonamides is 1. The molecule has 3 aromatic carbocycles. The van der Waals surface area contributed by atoms with Crippen LogP contribution in [0.4, 0.5) is 0 Å². The normalized spacial score (nSPS) is 16.6. The van der Waals surface area contributed by atoms with Crippen LogP contribution in [-0.4, -0.2) is 56.8 Å². The molecule has 3 aromatic rings. The third-order valence-electron chi connectivity index (χ3n) is 7.26. The van der Waals surface area contributed by atoms with Gasteiger partial charge < -0.3 is 28.4 Å². The Balaban J connectivity index is 1.85. The Kier molecular flexibility index (Phi) is 9.17. The lowest BCUT2D eigenvalue weighted by atomic mass is 9.90. The van der Waals surface area contributed by atoms with E-state index < -0.39 is 10.0 Å². The number of nitrogens with zero attached hydrogens (tertiary/aromatic N) is 1. The fraction of sp³-hybridized carbons (Fsp3) is 0.367. The van der Waals surface area contributed by atoms with Gasteiger partial charge in [-0.05, 0) is 67.3 Å². The van der Waals surface area contributed by atoms with Crippen molar-refractivity contribution >= 4 is 15.7 Å². The second kappa shape index (κ2) is 12.6. The highest BCUT2D eigenvalue weighted by molar-refractivity contribution is 7.89. The Morgan fingerprint density at radius 2 is 1.05 bits per heavy atom. The van der Waals surface area contributed by atoms with Crippen LogP contribution in [0.15, 0.2) is 58.5 Å². The van der Waals surface area contributed by atoms with Crippen molar-refractivity contribution in [2.45, 2.75) is 36.5 Å². The van der Waals surface area contributed by atoms with Crippen LogP contribution >= 0.6 is 0 Å². The molecule has 0 unspecified atom stereocenters. The summed E-state index contributed by atoms with van der Waals surface area (Å²) in [6.07, 6.45) is 1.37. The molecule has 1 aliphatic rings. The Bertz CT molecular complexity index is 1400. The maximum absolute atomic E-state index is 13.2. The standard InChI is InChI=1S/C30H36N2O8S/c1-18-8-10-21(11-9-18)41(33,34)32-31-28-22(19-14-24(35-2)29(39-6)25(15-19)36-3)12-13-23(28)20-16-26(37-4)30(40-7)27(17-20)38-5/h8-11,14-17,22-23,32H,12-13H2,1-7H3/t22-,23-/m1/s1. The van der Waals surface area contributed by atoms with Crippen LogP contribution in [0.5, 0.6) is 34.5 Å². The topological polar surface area (TPSA) is 114 Å². The van der Waals surface area contributed by atoms with Gasteiger partial charge in [0.15, 0.2) is 23.0 Å². The molecule has 1 saturated carbocycles. The maximum atomic E-state index is 13.2. The van der Waals surface area contributed by atoms with Crippen LogP contribution in [0.3, 0.4) is 0 Å². The van der Waals surface area contributed by atoms with E-state index in [-0.39, 0.29) is 16.7 Å². The first kappa shape index (κ1) is 29.9. The number of hydrogen-bond acceptors (Lipinski definition) is 9. The van der Waals surface area contributed by atoms with E-state index in [0.717, 1.165) is 16.7 Å². The number of ether oxygens (including phenoxy) is 6. The molecule has 4 rings (SSSR count). The minimum atomic E-state index is -3.92. The summed E-state index contributed by atoms with van der Waals surface area (Å²) in [5, 5.41) is 4.57. The first-order valence-electron chi connectivity index (χ1n) is 13.0. The minimum Gasteiger partial charge on any atom is -0.493 e. The van der Waals surface area contributed by atoms with Crippen molar-refractivity contribution in [2.24, 2.45) is 5.10 Å². The first-order chi connectivity index (χ1) is 19.7. The number of rotatable bonds is 11. The fourth-order valence-corrected chi connectivity index (χ4v) is 6.02. The van der Waals surface area contributed by atoms with Crippen molar-refractivity contribution in [1.82, 2.24) is 4.83 Å². The SMILES string of the molecule is COc1cc([C@H]2CC[C@H](c3cc(OC)c(OC)c(OC)c3)C2=NNS(=O)(=O)c2ccc(C)cc2)cc(OC)c1OC. The van der Waals surface area contributed by atoms with Crippen LogP contribution in [0.1, 0.15) is 41.4 Å². The van der Waals surface area contributed by atoms with Crippen LogP contribution < -0.4 is 33.3 Å². The van der Waals surface area contributed by atoms with Gasteiger partial charge in [-0.3, -0.25) is 0 Å². The molecule has 0 heterocycles. The summed E-state index contributed by atoms with van der Waals surface area (Å²) in [5.74, 6) is 2.42. The first-order valence-corrected chi connectivity index (χ1v) is 14.4. The van der Waals surface area contributed by atoms with Crippen LogP contribution in [0.2, 0.25) is 0 Å². The Morgan fingerprint density at radius 1 is 0.659 bits per heavy atom. The van der Waals surface area contributed by atoms with Crippen LogP contribution in [0, 0.1) is 6.92 Å². The van der Waals surface area contributed by atoms with Gasteiger partial charge in [0, 0.05) is 11.8 Å². The molecule has 0 bridgehead atoms. The number of hydrazone groups is 1. The van der Waals surface area contributed by atoms with Gasteiger partial charge in [-0.2, -0.15) is 13.5 Å². The predicted octanol–water partition coefficient (Wildman–Crippen LogP) is 5.04. The van der Waals surface area contributed by atoms with Crippen molar-refractivity contribution in [3.05, 3.63) is 65.2 Å². The van der Waals surface area contributed by atoms with Crippen LogP contribution in [0.25, 0.3) is 0 Å². The van der Waals surface area contributed by atoms with Gasteiger partial charge >= 0.3 is 0 Å². The quantitative estimate of drug-likeness (QED) is 0.312. The average Bonchev–Trinajstić information content (AvgIpc) is 3.42. The fourth-order valence-electron chi connectivity index (χ4n) is 5.19. The molecule has 0 amide bonds. The van der Waals surface area contributed by atoms with Crippen molar-refractivity contribution in [2.75, 3.05) is 42.7 Å². The van der Waals surface area contributed by atoms with E-state index in [1.807, 2.05) is 31.2 Å². The summed E-state index contributed by atoms with van der Waals surface area (Å²) in [5.41, 5.74) is 3.28. The highest BCUT2D eigenvalue weighted by Crippen LogP contribution is 2.48. The van der Waals surface area contributed by atoms with E-state index in [9.17, 15) is 8.42 Å². The van der Waals surface area contributed by atoms with Crippen LogP contribution in [-0.2, 0) is 10.0 Å². The largest absolute Gasteiger partial charge is 0.493 e. The Morgan fingerprint density at radius 3 is 1.39 bits per heavy atom. The number of hydrogen-bond donors (Lipinski definition) is 1. The molecule has 41 heavy (non-hydrogen) atoms. The number of methoxy groups -OCH3 is 6. The monoisotopic (exact) mass is 584 g/mol. The van der Waals surface area contributed by atoms with Crippen molar-refractivity contribution < 1.29 is 36.8 Å². The highest BCUT2D eigenvalue weighted by Gasteiger charge is 2.37. The summed E-state index contributed by atoms with van der Waals surface area (Å²) in [4.78, 5) is 2.61. The molecular formula is C30H36N2O8S. The van der Waals surface area contributed by atoms with Gasteiger partial charge in [0.25, 0.3) is 10.0 Å². The molecule has 11 heteroatoms. The summed E-state index contributed by atoms with van der Waals surface area (Å²) in [7, 11) is 5.38. The summed E-state index contributed by atoms with van der Waals surface area (Å²) >= 11 is 0. The number of nitrogens with one attached hydrogen (secondary N) is 1. The van der Waals surface area contributed by atoms with Gasteiger partial charge in [0.2, 0.25) is 11.5 Å². The lowest BCUT2D eigenvalue weighted by Crippen LogP contribution is -2.23. The van der Waals surface area contributed by atoms with E-state index in [4.69, 9.17) is 28.4 Å². The number of aryl methyl sites for hydroxylation is 1.